The molecule has 3 nitrogen and oxygen atoms in total. The Hall–Kier alpha value is -3.15. The number of hydrogen-bond donors (Lipinski definition) is 0. The predicted octanol–water partition coefficient (Wildman–Crippen LogP) is 5.19. The lowest BCUT2D eigenvalue weighted by atomic mass is 10.2. The van der Waals surface area contributed by atoms with Gasteiger partial charge in [-0.2, -0.15) is 13.2 Å². The van der Waals surface area contributed by atoms with Crippen LogP contribution in [-0.2, 0) is 12.7 Å². The number of imidazole rings is 1. The first kappa shape index (κ1) is 17.7. The fourth-order valence-corrected chi connectivity index (χ4v) is 2.49. The molecular formula is C20H16F3N3. The van der Waals surface area contributed by atoms with Crippen molar-refractivity contribution in [2.45, 2.75) is 12.7 Å². The van der Waals surface area contributed by atoms with E-state index in [9.17, 15) is 13.2 Å². The van der Waals surface area contributed by atoms with Crippen LogP contribution in [0.3, 0.4) is 0 Å². The molecule has 0 fully saturated rings. The molecular weight excluding hydrogens is 339 g/mol. The van der Waals surface area contributed by atoms with Crippen LogP contribution in [0, 0.1) is 0 Å². The Morgan fingerprint density at radius 1 is 0.769 bits per heavy atom. The quantitative estimate of drug-likeness (QED) is 0.496. The van der Waals surface area contributed by atoms with Crippen LogP contribution in [0.1, 0.15) is 11.4 Å². The fraction of sp³-hybridized carbons (Fsp3) is 0.100. The third-order valence-corrected chi connectivity index (χ3v) is 3.68. The van der Waals surface area contributed by atoms with Crippen molar-refractivity contribution in [3.8, 4) is 0 Å². The molecule has 0 saturated carbocycles. The Kier molecular flexibility index (Phi) is 5.31. The van der Waals surface area contributed by atoms with Crippen molar-refractivity contribution >= 4 is 10.9 Å². The van der Waals surface area contributed by atoms with Crippen molar-refractivity contribution in [1.82, 2.24) is 14.5 Å². The van der Waals surface area contributed by atoms with Crippen molar-refractivity contribution in [2.24, 2.45) is 0 Å². The molecule has 2 heterocycles. The van der Waals surface area contributed by atoms with E-state index < -0.39 is 12.0 Å². The molecule has 0 amide bonds. The van der Waals surface area contributed by atoms with E-state index in [-0.39, 0.29) is 6.54 Å². The second kappa shape index (κ2) is 7.82. The summed E-state index contributed by atoms with van der Waals surface area (Å²) in [6, 6.07) is 21.0. The van der Waals surface area contributed by atoms with E-state index in [1.807, 2.05) is 36.5 Å². The van der Waals surface area contributed by atoms with Gasteiger partial charge in [-0.05, 0) is 17.7 Å². The number of para-hydroxylation sites is 1. The van der Waals surface area contributed by atoms with E-state index in [4.69, 9.17) is 0 Å². The van der Waals surface area contributed by atoms with Gasteiger partial charge in [0.1, 0.15) is 0 Å². The minimum atomic E-state index is -4.40. The van der Waals surface area contributed by atoms with Gasteiger partial charge in [0.2, 0.25) is 5.82 Å². The highest BCUT2D eigenvalue weighted by Crippen LogP contribution is 2.27. The molecule has 2 aromatic carbocycles. The van der Waals surface area contributed by atoms with Crippen molar-refractivity contribution in [2.75, 3.05) is 0 Å². The highest BCUT2D eigenvalue weighted by Gasteiger charge is 2.35. The average molecular weight is 355 g/mol. The second-order valence-electron chi connectivity index (χ2n) is 5.56. The summed E-state index contributed by atoms with van der Waals surface area (Å²) < 4.78 is 38.6. The molecule has 4 rings (SSSR count). The SMILES string of the molecule is FC(F)(F)c1nccn1Cc1ccccc1.c1ccc2ncccc2c1. The fourth-order valence-electron chi connectivity index (χ4n) is 2.49. The minimum Gasteiger partial charge on any atom is -0.323 e. The standard InChI is InChI=1S/C11H9F3N2.C9H7N/c12-11(13,14)10-15-6-7-16(10)8-9-4-2-1-3-5-9;1-2-6-9-8(4-1)5-3-7-10-9/h1-7H,8H2;1-7H. The smallest absolute Gasteiger partial charge is 0.323 e. The number of fused-ring (bicyclic) bond motifs is 1. The zero-order valence-corrected chi connectivity index (χ0v) is 13.8. The van der Waals surface area contributed by atoms with E-state index in [1.165, 1.54) is 11.6 Å². The number of aromatic nitrogens is 3. The number of pyridine rings is 1. The molecule has 2 aromatic heterocycles. The van der Waals surface area contributed by atoms with Crippen LogP contribution in [0.25, 0.3) is 10.9 Å². The van der Waals surface area contributed by atoms with E-state index in [0.29, 0.717) is 0 Å². The maximum absolute atomic E-state index is 12.5. The Bertz CT molecular complexity index is 897. The molecule has 0 radical (unpaired) electrons. The molecule has 26 heavy (non-hydrogen) atoms. The van der Waals surface area contributed by atoms with Gasteiger partial charge in [0, 0.05) is 30.5 Å². The van der Waals surface area contributed by atoms with Crippen molar-refractivity contribution < 1.29 is 13.2 Å². The molecule has 0 atom stereocenters. The molecule has 4 aromatic rings. The lowest BCUT2D eigenvalue weighted by Gasteiger charge is -2.10. The van der Waals surface area contributed by atoms with Crippen LogP contribution >= 0.6 is 0 Å². The van der Waals surface area contributed by atoms with E-state index in [1.54, 1.807) is 24.3 Å². The maximum atomic E-state index is 12.5. The Morgan fingerprint density at radius 2 is 1.46 bits per heavy atom. The summed E-state index contributed by atoms with van der Waals surface area (Å²) in [6.07, 6.45) is -0.109. The summed E-state index contributed by atoms with van der Waals surface area (Å²) in [6.45, 7) is 0.176. The molecule has 6 heteroatoms. The molecule has 0 bridgehead atoms. The summed E-state index contributed by atoms with van der Waals surface area (Å²) in [5, 5.41) is 1.20. The van der Waals surface area contributed by atoms with Crippen LogP contribution in [0.15, 0.2) is 85.3 Å². The zero-order valence-electron chi connectivity index (χ0n) is 13.8. The first-order valence-corrected chi connectivity index (χ1v) is 7.96. The van der Waals surface area contributed by atoms with Crippen molar-refractivity contribution in [3.63, 3.8) is 0 Å². The van der Waals surface area contributed by atoms with E-state index >= 15 is 0 Å². The van der Waals surface area contributed by atoms with Gasteiger partial charge in [-0.15, -0.1) is 0 Å². The summed E-state index contributed by atoms with van der Waals surface area (Å²) in [4.78, 5) is 7.50. The Labute approximate surface area is 148 Å². The molecule has 0 N–H and O–H groups in total. The second-order valence-corrected chi connectivity index (χ2v) is 5.56. The lowest BCUT2D eigenvalue weighted by molar-refractivity contribution is -0.147. The zero-order chi connectivity index (χ0) is 18.4. The maximum Gasteiger partial charge on any atom is 0.449 e. The normalized spacial score (nSPS) is 11.0. The van der Waals surface area contributed by atoms with Crippen LogP contribution in [0.5, 0.6) is 0 Å². The summed E-state index contributed by atoms with van der Waals surface area (Å²) in [5.41, 5.74) is 1.87. The monoisotopic (exact) mass is 355 g/mol. The van der Waals surface area contributed by atoms with Crippen LogP contribution < -0.4 is 0 Å². The highest BCUT2D eigenvalue weighted by molar-refractivity contribution is 5.77. The van der Waals surface area contributed by atoms with Gasteiger partial charge in [0.05, 0.1) is 5.52 Å². The third kappa shape index (κ3) is 4.47. The van der Waals surface area contributed by atoms with Crippen LogP contribution in [0.4, 0.5) is 13.2 Å². The topological polar surface area (TPSA) is 30.7 Å². The average Bonchev–Trinajstić information content (AvgIpc) is 3.12. The molecule has 0 unspecified atom stereocenters. The van der Waals surface area contributed by atoms with Gasteiger partial charge >= 0.3 is 6.18 Å². The molecule has 0 aliphatic rings. The summed E-state index contributed by atoms with van der Waals surface area (Å²) in [7, 11) is 0. The number of hydrogen-bond acceptors (Lipinski definition) is 2. The van der Waals surface area contributed by atoms with Crippen molar-refractivity contribution in [3.05, 3.63) is 96.7 Å². The largest absolute Gasteiger partial charge is 0.449 e. The highest BCUT2D eigenvalue weighted by atomic mass is 19.4. The molecule has 0 aliphatic carbocycles. The van der Waals surface area contributed by atoms with E-state index in [2.05, 4.69) is 22.1 Å². The van der Waals surface area contributed by atoms with Gasteiger partial charge in [0.25, 0.3) is 0 Å². The number of halogens is 3. The van der Waals surface area contributed by atoms with Gasteiger partial charge < -0.3 is 4.57 Å². The molecule has 132 valence electrons. The Balaban J connectivity index is 0.000000167. The Morgan fingerprint density at radius 3 is 2.19 bits per heavy atom. The lowest BCUT2D eigenvalue weighted by Crippen LogP contribution is -2.15. The first-order chi connectivity index (χ1) is 12.5. The van der Waals surface area contributed by atoms with Crippen molar-refractivity contribution in [1.29, 1.82) is 0 Å². The third-order valence-electron chi connectivity index (χ3n) is 3.68. The van der Waals surface area contributed by atoms with Gasteiger partial charge in [-0.3, -0.25) is 4.98 Å². The van der Waals surface area contributed by atoms with Crippen LogP contribution in [0.2, 0.25) is 0 Å². The van der Waals surface area contributed by atoms with Gasteiger partial charge in [-0.1, -0.05) is 54.6 Å². The molecule has 0 saturated heterocycles. The van der Waals surface area contributed by atoms with E-state index in [0.717, 1.165) is 21.8 Å². The number of alkyl halides is 3. The number of rotatable bonds is 2. The number of benzene rings is 2. The van der Waals surface area contributed by atoms with Gasteiger partial charge in [-0.25, -0.2) is 4.98 Å². The predicted molar refractivity (Wildman–Crippen MR) is 94.5 cm³/mol. The molecule has 0 spiro atoms. The molecule has 0 aliphatic heterocycles. The first-order valence-electron chi connectivity index (χ1n) is 7.96. The minimum absolute atomic E-state index is 0.176. The summed E-state index contributed by atoms with van der Waals surface area (Å²) >= 11 is 0. The summed E-state index contributed by atoms with van der Waals surface area (Å²) in [5.74, 6) is -0.864. The van der Waals surface area contributed by atoms with Crippen LogP contribution in [-0.4, -0.2) is 14.5 Å². The number of nitrogens with zero attached hydrogens (tertiary/aromatic N) is 3. The van der Waals surface area contributed by atoms with Gasteiger partial charge in [0.15, 0.2) is 0 Å².